The Morgan fingerprint density at radius 2 is 2.00 bits per heavy atom. The van der Waals surface area contributed by atoms with Crippen LogP contribution >= 0.6 is 0 Å². The highest BCUT2D eigenvalue weighted by atomic mass is 16.6. The third kappa shape index (κ3) is 2.86. The minimum Gasteiger partial charge on any atom is -0.506 e. The fraction of sp³-hybridized carbons (Fsp3) is 0.429. The number of benzene rings is 1. The average Bonchev–Trinajstić information content (AvgIpc) is 2.62. The van der Waals surface area contributed by atoms with E-state index in [1.54, 1.807) is 26.8 Å². The van der Waals surface area contributed by atoms with Crippen molar-refractivity contribution in [3.63, 3.8) is 0 Å². The Balaban J connectivity index is 2.29. The molecule has 0 radical (unpaired) electrons. The van der Waals surface area contributed by atoms with E-state index in [2.05, 4.69) is 5.32 Å². The van der Waals surface area contributed by atoms with E-state index in [0.29, 0.717) is 18.4 Å². The molecule has 0 bridgehead atoms. The summed E-state index contributed by atoms with van der Waals surface area (Å²) in [6.07, 6.45) is 0.357. The number of rotatable bonds is 1. The van der Waals surface area contributed by atoms with Crippen molar-refractivity contribution in [2.24, 2.45) is 0 Å². The number of carbonyl (C=O) groups excluding carboxylic acids is 2. The van der Waals surface area contributed by atoms with Gasteiger partial charge in [0.15, 0.2) is 5.78 Å². The number of fused-ring (bicyclic) bond motifs is 1. The van der Waals surface area contributed by atoms with Crippen molar-refractivity contribution < 1.29 is 19.4 Å². The van der Waals surface area contributed by atoms with Crippen LogP contribution in [0.3, 0.4) is 0 Å². The molecule has 0 unspecified atom stereocenters. The van der Waals surface area contributed by atoms with Crippen molar-refractivity contribution in [1.82, 2.24) is 0 Å². The van der Waals surface area contributed by atoms with Gasteiger partial charge in [0.2, 0.25) is 0 Å². The molecular formula is C14H17NO4. The third-order valence-electron chi connectivity index (χ3n) is 2.80. The molecule has 0 aliphatic heterocycles. The van der Waals surface area contributed by atoms with Gasteiger partial charge in [0.25, 0.3) is 0 Å². The highest BCUT2D eigenvalue weighted by molar-refractivity contribution is 6.08. The number of hydrogen-bond donors (Lipinski definition) is 2. The standard InChI is InChI=1S/C14H17NO4/c1-14(2,3)19-13(18)15-12-10(17)7-5-8-4-6-9(16)11(8)12/h5,7,17H,4,6H2,1-3H3,(H,15,18). The van der Waals surface area contributed by atoms with Crippen molar-refractivity contribution in [3.8, 4) is 5.75 Å². The molecule has 0 heterocycles. The molecule has 5 nitrogen and oxygen atoms in total. The lowest BCUT2D eigenvalue weighted by Gasteiger charge is -2.20. The fourth-order valence-electron chi connectivity index (χ4n) is 2.07. The van der Waals surface area contributed by atoms with Gasteiger partial charge in [-0.1, -0.05) is 6.07 Å². The van der Waals surface area contributed by atoms with Crippen molar-refractivity contribution in [3.05, 3.63) is 23.3 Å². The van der Waals surface area contributed by atoms with E-state index in [9.17, 15) is 14.7 Å². The molecule has 19 heavy (non-hydrogen) atoms. The summed E-state index contributed by atoms with van der Waals surface area (Å²) in [4.78, 5) is 23.5. The predicted molar refractivity (Wildman–Crippen MR) is 70.6 cm³/mol. The number of phenolic OH excluding ortho intramolecular Hbond substituents is 1. The molecule has 1 aromatic carbocycles. The number of aryl methyl sites for hydroxylation is 1. The Bertz CT molecular complexity index is 543. The lowest BCUT2D eigenvalue weighted by Crippen LogP contribution is -2.27. The molecule has 0 aromatic heterocycles. The van der Waals surface area contributed by atoms with E-state index >= 15 is 0 Å². The maximum absolute atomic E-state index is 11.8. The maximum atomic E-state index is 11.8. The van der Waals surface area contributed by atoms with Gasteiger partial charge in [0.05, 0.1) is 5.69 Å². The first-order valence-electron chi connectivity index (χ1n) is 6.16. The summed E-state index contributed by atoms with van der Waals surface area (Å²) in [5.41, 5.74) is 0.746. The van der Waals surface area contributed by atoms with Gasteiger partial charge in [-0.2, -0.15) is 0 Å². The molecule has 0 atom stereocenters. The highest BCUT2D eigenvalue weighted by Gasteiger charge is 2.27. The van der Waals surface area contributed by atoms with Gasteiger partial charge >= 0.3 is 6.09 Å². The largest absolute Gasteiger partial charge is 0.506 e. The Morgan fingerprint density at radius 1 is 1.32 bits per heavy atom. The molecule has 0 saturated heterocycles. The van der Waals surface area contributed by atoms with E-state index in [0.717, 1.165) is 5.56 Å². The van der Waals surface area contributed by atoms with Gasteiger partial charge in [0.1, 0.15) is 11.4 Å². The molecule has 102 valence electrons. The number of ether oxygens (including phenoxy) is 1. The summed E-state index contributed by atoms with van der Waals surface area (Å²) in [6.45, 7) is 5.23. The van der Waals surface area contributed by atoms with Crippen LogP contribution in [-0.2, 0) is 11.2 Å². The van der Waals surface area contributed by atoms with Crippen molar-refractivity contribution in [1.29, 1.82) is 0 Å². The topological polar surface area (TPSA) is 75.6 Å². The van der Waals surface area contributed by atoms with Crippen molar-refractivity contribution in [2.45, 2.75) is 39.2 Å². The maximum Gasteiger partial charge on any atom is 0.412 e. The Hall–Kier alpha value is -2.04. The van der Waals surface area contributed by atoms with Crippen LogP contribution in [0.15, 0.2) is 12.1 Å². The number of amides is 1. The summed E-state index contributed by atoms with van der Waals surface area (Å²) in [6, 6.07) is 3.18. The molecule has 0 spiro atoms. The normalized spacial score (nSPS) is 14.2. The molecule has 0 fully saturated rings. The Morgan fingerprint density at radius 3 is 2.63 bits per heavy atom. The summed E-state index contributed by atoms with van der Waals surface area (Å²) < 4.78 is 5.12. The molecule has 2 N–H and O–H groups in total. The number of carbonyl (C=O) groups is 2. The van der Waals surface area contributed by atoms with Crippen LogP contribution in [0, 0.1) is 0 Å². The molecule has 5 heteroatoms. The van der Waals surface area contributed by atoms with Crippen LogP contribution in [0.1, 0.15) is 43.1 Å². The van der Waals surface area contributed by atoms with E-state index in [1.807, 2.05) is 0 Å². The molecule has 1 amide bonds. The number of anilines is 1. The second kappa shape index (κ2) is 4.57. The number of aromatic hydroxyl groups is 1. The van der Waals surface area contributed by atoms with Crippen LogP contribution in [0.25, 0.3) is 0 Å². The van der Waals surface area contributed by atoms with Crippen LogP contribution in [0.4, 0.5) is 10.5 Å². The molecule has 0 saturated carbocycles. The predicted octanol–water partition coefficient (Wildman–Crippen LogP) is 2.87. The second-order valence-electron chi connectivity index (χ2n) is 5.54. The van der Waals surface area contributed by atoms with Crippen molar-refractivity contribution >= 4 is 17.6 Å². The third-order valence-corrected chi connectivity index (χ3v) is 2.80. The molecular weight excluding hydrogens is 246 g/mol. The number of phenols is 1. The van der Waals surface area contributed by atoms with Gasteiger partial charge in [0, 0.05) is 12.0 Å². The first kappa shape index (κ1) is 13.4. The number of hydrogen-bond acceptors (Lipinski definition) is 4. The molecule has 1 aromatic rings. The van der Waals surface area contributed by atoms with Gasteiger partial charge in [-0.15, -0.1) is 0 Å². The van der Waals surface area contributed by atoms with E-state index in [1.165, 1.54) is 6.07 Å². The summed E-state index contributed by atoms with van der Waals surface area (Å²) in [5.74, 6) is -0.197. The fourth-order valence-corrected chi connectivity index (χ4v) is 2.07. The van der Waals surface area contributed by atoms with Gasteiger partial charge < -0.3 is 9.84 Å². The van der Waals surface area contributed by atoms with E-state index in [-0.39, 0.29) is 17.2 Å². The summed E-state index contributed by atoms with van der Waals surface area (Å²) >= 11 is 0. The first-order chi connectivity index (χ1) is 8.78. The Labute approximate surface area is 111 Å². The molecule has 2 rings (SSSR count). The molecule has 1 aliphatic rings. The average molecular weight is 263 g/mol. The minimum absolute atomic E-state index is 0.0723. The van der Waals surface area contributed by atoms with Gasteiger partial charge in [-0.05, 0) is 38.8 Å². The minimum atomic E-state index is -0.684. The highest BCUT2D eigenvalue weighted by Crippen LogP contribution is 2.35. The lowest BCUT2D eigenvalue weighted by atomic mass is 10.1. The zero-order chi connectivity index (χ0) is 14.2. The number of nitrogens with one attached hydrogen (secondary N) is 1. The zero-order valence-corrected chi connectivity index (χ0v) is 11.2. The summed E-state index contributed by atoms with van der Waals surface area (Å²) in [5, 5.41) is 12.3. The zero-order valence-electron chi connectivity index (χ0n) is 11.2. The number of Topliss-reactive ketones (excluding diaryl/α,β-unsaturated/α-hetero) is 1. The Kier molecular flexibility index (Phi) is 3.22. The first-order valence-corrected chi connectivity index (χ1v) is 6.16. The quantitative estimate of drug-likeness (QED) is 0.764. The van der Waals surface area contributed by atoms with Crippen LogP contribution in [0.2, 0.25) is 0 Å². The van der Waals surface area contributed by atoms with Crippen LogP contribution < -0.4 is 5.32 Å². The van der Waals surface area contributed by atoms with Gasteiger partial charge in [-0.25, -0.2) is 4.79 Å². The number of ketones is 1. The second-order valence-corrected chi connectivity index (χ2v) is 5.54. The lowest BCUT2D eigenvalue weighted by molar-refractivity contribution is 0.0635. The van der Waals surface area contributed by atoms with E-state index in [4.69, 9.17) is 4.74 Å². The van der Waals surface area contributed by atoms with Crippen LogP contribution in [-0.4, -0.2) is 22.6 Å². The monoisotopic (exact) mass is 263 g/mol. The molecule has 1 aliphatic carbocycles. The van der Waals surface area contributed by atoms with E-state index < -0.39 is 11.7 Å². The smallest absolute Gasteiger partial charge is 0.412 e. The SMILES string of the molecule is CC(C)(C)OC(=O)Nc1c(O)ccc2c1C(=O)CC2. The van der Waals surface area contributed by atoms with Crippen molar-refractivity contribution in [2.75, 3.05) is 5.32 Å². The van der Waals surface area contributed by atoms with Gasteiger partial charge in [-0.3, -0.25) is 10.1 Å². The van der Waals surface area contributed by atoms with Crippen LogP contribution in [0.5, 0.6) is 5.75 Å². The summed E-state index contributed by atoms with van der Waals surface area (Å²) in [7, 11) is 0.